The van der Waals surface area contributed by atoms with Crippen LogP contribution in [0.3, 0.4) is 0 Å². The van der Waals surface area contributed by atoms with Gasteiger partial charge < -0.3 is 15.0 Å². The molecule has 1 amide bonds. The van der Waals surface area contributed by atoms with Crippen molar-refractivity contribution in [3.8, 4) is 0 Å². The Bertz CT molecular complexity index is 869. The van der Waals surface area contributed by atoms with Gasteiger partial charge in [-0.05, 0) is 25.3 Å². The number of amides is 1. The van der Waals surface area contributed by atoms with Crippen molar-refractivity contribution in [1.29, 1.82) is 0 Å². The summed E-state index contributed by atoms with van der Waals surface area (Å²) in [6.07, 6.45) is 1.96. The summed E-state index contributed by atoms with van der Waals surface area (Å²) in [4.78, 5) is 40.5. The number of benzene rings is 1. The minimum atomic E-state index is -0.567. The van der Waals surface area contributed by atoms with Crippen molar-refractivity contribution in [2.24, 2.45) is 0 Å². The molecule has 0 spiro atoms. The Labute approximate surface area is 157 Å². The predicted octanol–water partition coefficient (Wildman–Crippen LogP) is 2.04. The van der Waals surface area contributed by atoms with Crippen LogP contribution in [-0.2, 0) is 19.1 Å². The van der Waals surface area contributed by atoms with Crippen LogP contribution in [-0.4, -0.2) is 42.3 Å². The number of hydrogen-bond donors (Lipinski definition) is 1. The molecule has 0 radical (unpaired) electrons. The summed E-state index contributed by atoms with van der Waals surface area (Å²) < 4.78 is 5.31. The second-order valence-electron chi connectivity index (χ2n) is 6.87. The van der Waals surface area contributed by atoms with E-state index in [0.717, 1.165) is 24.1 Å². The van der Waals surface area contributed by atoms with Crippen molar-refractivity contribution >= 4 is 17.7 Å². The molecular weight excluding hydrogens is 344 g/mol. The topological polar surface area (TPSA) is 75.7 Å². The number of carbonyl (C=O) groups is 3. The summed E-state index contributed by atoms with van der Waals surface area (Å²) in [5, 5.41) is 2.83. The zero-order valence-electron chi connectivity index (χ0n) is 15.3. The molecule has 3 aliphatic rings. The summed E-state index contributed by atoms with van der Waals surface area (Å²) >= 11 is 0. The number of ketones is 1. The van der Waals surface area contributed by atoms with Gasteiger partial charge in [-0.3, -0.25) is 9.59 Å². The van der Waals surface area contributed by atoms with Gasteiger partial charge in [-0.15, -0.1) is 0 Å². The van der Waals surface area contributed by atoms with Crippen LogP contribution in [0.5, 0.6) is 0 Å². The van der Waals surface area contributed by atoms with E-state index >= 15 is 0 Å². The monoisotopic (exact) mass is 366 g/mol. The highest BCUT2D eigenvalue weighted by Crippen LogP contribution is 2.46. The second kappa shape index (κ2) is 7.02. The van der Waals surface area contributed by atoms with Gasteiger partial charge in [0, 0.05) is 36.7 Å². The van der Waals surface area contributed by atoms with Gasteiger partial charge in [-0.25, -0.2) is 4.79 Å². The normalized spacial score (nSPS) is 22.3. The van der Waals surface area contributed by atoms with Crippen LogP contribution in [0.25, 0.3) is 0 Å². The van der Waals surface area contributed by atoms with E-state index in [9.17, 15) is 14.4 Å². The van der Waals surface area contributed by atoms with Crippen LogP contribution in [0.15, 0.2) is 52.9 Å². The molecule has 1 N–H and O–H groups in total. The van der Waals surface area contributed by atoms with Crippen LogP contribution in [0.2, 0.25) is 0 Å². The maximum absolute atomic E-state index is 12.9. The van der Waals surface area contributed by atoms with Crippen molar-refractivity contribution in [3.63, 3.8) is 0 Å². The molecule has 6 heteroatoms. The molecule has 0 unspecified atom stereocenters. The second-order valence-corrected chi connectivity index (χ2v) is 6.87. The van der Waals surface area contributed by atoms with Crippen LogP contribution in [0.4, 0.5) is 0 Å². The lowest BCUT2D eigenvalue weighted by molar-refractivity contribution is -0.139. The van der Waals surface area contributed by atoms with Gasteiger partial charge in [-0.1, -0.05) is 30.3 Å². The standard InChI is InChI=1S/C21H22N2O4/c1-2-27-21(26)18-16(13-7-4-3-5-8-13)17-14(9-6-10-15(17)24)23-12-11-22-20(25)19(18)23/h3-5,7-8,16H,2,6,9-12H2,1H3,(H,22,25)/t16-/m1/s1. The minimum absolute atomic E-state index is 0.0527. The summed E-state index contributed by atoms with van der Waals surface area (Å²) in [5.41, 5.74) is 2.97. The van der Waals surface area contributed by atoms with Crippen LogP contribution in [0.1, 0.15) is 37.7 Å². The fourth-order valence-electron chi connectivity index (χ4n) is 4.27. The van der Waals surface area contributed by atoms with E-state index in [1.807, 2.05) is 35.2 Å². The van der Waals surface area contributed by atoms with Crippen molar-refractivity contribution in [1.82, 2.24) is 10.2 Å². The highest BCUT2D eigenvalue weighted by atomic mass is 16.5. The third kappa shape index (κ3) is 2.85. The lowest BCUT2D eigenvalue weighted by Gasteiger charge is -2.43. The molecule has 2 heterocycles. The number of nitrogens with one attached hydrogen (secondary N) is 1. The summed E-state index contributed by atoms with van der Waals surface area (Å²) in [7, 11) is 0. The van der Waals surface area contributed by atoms with Crippen LogP contribution >= 0.6 is 0 Å². The number of nitrogens with zero attached hydrogens (tertiary/aromatic N) is 1. The Morgan fingerprint density at radius 1 is 1.22 bits per heavy atom. The van der Waals surface area contributed by atoms with Gasteiger partial charge in [0.2, 0.25) is 0 Å². The maximum atomic E-state index is 12.9. The van der Waals surface area contributed by atoms with Crippen molar-refractivity contribution < 1.29 is 19.1 Å². The lowest BCUT2D eigenvalue weighted by atomic mass is 9.74. The lowest BCUT2D eigenvalue weighted by Crippen LogP contribution is -2.50. The zero-order valence-corrected chi connectivity index (χ0v) is 15.3. The maximum Gasteiger partial charge on any atom is 0.337 e. The smallest absolute Gasteiger partial charge is 0.337 e. The average molecular weight is 366 g/mol. The molecule has 6 nitrogen and oxygen atoms in total. The Hall–Kier alpha value is -2.89. The Kier molecular flexibility index (Phi) is 4.56. The molecule has 0 aromatic heterocycles. The van der Waals surface area contributed by atoms with Gasteiger partial charge in [0.25, 0.3) is 5.91 Å². The first-order valence-corrected chi connectivity index (χ1v) is 9.41. The fourth-order valence-corrected chi connectivity index (χ4v) is 4.27. The zero-order chi connectivity index (χ0) is 19.0. The average Bonchev–Trinajstić information content (AvgIpc) is 2.68. The predicted molar refractivity (Wildman–Crippen MR) is 98.4 cm³/mol. The molecule has 1 aromatic carbocycles. The van der Waals surface area contributed by atoms with E-state index in [0.29, 0.717) is 30.8 Å². The SMILES string of the molecule is CCOC(=O)C1=C2C(=O)NCCN2C2=C(C(=O)CCC2)[C@H]1c1ccccc1. The van der Waals surface area contributed by atoms with E-state index in [4.69, 9.17) is 4.74 Å². The first kappa shape index (κ1) is 17.5. The molecule has 0 saturated carbocycles. The number of rotatable bonds is 3. The Balaban J connectivity index is 1.98. The molecule has 2 aliphatic heterocycles. The number of ether oxygens (including phenoxy) is 1. The number of esters is 1. The van der Waals surface area contributed by atoms with Gasteiger partial charge in [0.15, 0.2) is 5.78 Å². The molecule has 1 aromatic rings. The first-order chi connectivity index (χ1) is 13.1. The number of fused-ring (bicyclic) bond motifs is 2. The fraction of sp³-hybridized carbons (Fsp3) is 0.381. The van der Waals surface area contributed by atoms with Crippen LogP contribution in [0, 0.1) is 0 Å². The van der Waals surface area contributed by atoms with E-state index in [2.05, 4.69) is 5.32 Å². The van der Waals surface area contributed by atoms with Gasteiger partial charge in [-0.2, -0.15) is 0 Å². The Morgan fingerprint density at radius 2 is 2.00 bits per heavy atom. The third-order valence-corrected chi connectivity index (χ3v) is 5.32. The van der Waals surface area contributed by atoms with Crippen molar-refractivity contribution in [2.45, 2.75) is 32.1 Å². The van der Waals surface area contributed by atoms with Crippen LogP contribution < -0.4 is 5.32 Å². The number of allylic oxidation sites excluding steroid dienone is 2. The quantitative estimate of drug-likeness (QED) is 0.829. The van der Waals surface area contributed by atoms with E-state index in [-0.39, 0.29) is 23.9 Å². The molecule has 1 saturated heterocycles. The Morgan fingerprint density at radius 3 is 2.74 bits per heavy atom. The molecular formula is C21H22N2O4. The molecule has 1 atom stereocenters. The molecule has 4 rings (SSSR count). The van der Waals surface area contributed by atoms with E-state index < -0.39 is 11.9 Å². The highest BCUT2D eigenvalue weighted by molar-refractivity contribution is 6.09. The first-order valence-electron chi connectivity index (χ1n) is 9.41. The molecule has 0 bridgehead atoms. The molecule has 1 aliphatic carbocycles. The minimum Gasteiger partial charge on any atom is -0.463 e. The largest absolute Gasteiger partial charge is 0.463 e. The van der Waals surface area contributed by atoms with E-state index in [1.54, 1.807) is 6.92 Å². The van der Waals surface area contributed by atoms with Gasteiger partial charge in [0.1, 0.15) is 5.70 Å². The van der Waals surface area contributed by atoms with E-state index in [1.165, 1.54) is 0 Å². The summed E-state index contributed by atoms with van der Waals surface area (Å²) in [5.74, 6) is -1.33. The van der Waals surface area contributed by atoms with Crippen molar-refractivity contribution in [2.75, 3.05) is 19.7 Å². The number of carbonyl (C=O) groups excluding carboxylic acids is 3. The highest BCUT2D eigenvalue weighted by Gasteiger charge is 2.45. The summed E-state index contributed by atoms with van der Waals surface area (Å²) in [6.45, 7) is 2.98. The van der Waals surface area contributed by atoms with Gasteiger partial charge in [0.05, 0.1) is 12.2 Å². The summed E-state index contributed by atoms with van der Waals surface area (Å²) in [6, 6.07) is 9.44. The van der Waals surface area contributed by atoms with Crippen molar-refractivity contribution in [3.05, 3.63) is 58.4 Å². The third-order valence-electron chi connectivity index (χ3n) is 5.32. The van der Waals surface area contributed by atoms with Gasteiger partial charge >= 0.3 is 5.97 Å². The number of hydrogen-bond acceptors (Lipinski definition) is 5. The molecule has 140 valence electrons. The number of piperazine rings is 1. The number of Topliss-reactive ketones (excluding diaryl/α,β-unsaturated/α-hetero) is 1. The molecule has 1 fully saturated rings. The molecule has 27 heavy (non-hydrogen) atoms.